The fourth-order valence-electron chi connectivity index (χ4n) is 2.11. The molecular weight excluding hydrogens is 445 g/mol. The largest absolute Gasteiger partial charge is 0.389 e. The van der Waals surface area contributed by atoms with Gasteiger partial charge in [-0.2, -0.15) is 24.9 Å². The summed E-state index contributed by atoms with van der Waals surface area (Å²) in [7, 11) is 0. The van der Waals surface area contributed by atoms with Crippen LogP contribution in [0, 0.1) is 11.8 Å². The summed E-state index contributed by atoms with van der Waals surface area (Å²) in [5.74, 6) is 5.74. The monoisotopic (exact) mass is 462 g/mol. The number of aromatic nitrogens is 3. The Bertz CT molecular complexity index is 865. The van der Waals surface area contributed by atoms with Crippen molar-refractivity contribution in [3.05, 3.63) is 23.9 Å². The summed E-state index contributed by atoms with van der Waals surface area (Å²) < 4.78 is 36.7. The number of nitrogens with zero attached hydrogens (tertiary/aromatic N) is 4. The van der Waals surface area contributed by atoms with Crippen molar-refractivity contribution >= 4 is 45.6 Å². The number of amides is 1. The van der Waals surface area contributed by atoms with Gasteiger partial charge in [0.05, 0.1) is 13.0 Å². The highest BCUT2D eigenvalue weighted by atomic mass is 35.5. The van der Waals surface area contributed by atoms with Crippen LogP contribution >= 0.6 is 34.7 Å². The Balaban J connectivity index is 2.09. The average molecular weight is 463 g/mol. The molecule has 29 heavy (non-hydrogen) atoms. The van der Waals surface area contributed by atoms with Gasteiger partial charge in [0.15, 0.2) is 5.15 Å². The Morgan fingerprint density at radius 3 is 2.66 bits per heavy atom. The molecule has 0 aliphatic heterocycles. The second kappa shape index (κ2) is 11.4. The summed E-state index contributed by atoms with van der Waals surface area (Å²) in [6, 6.07) is 0. The molecule has 0 atom stereocenters. The molecule has 0 unspecified atom stereocenters. The Morgan fingerprint density at radius 1 is 1.28 bits per heavy atom. The van der Waals surface area contributed by atoms with Crippen molar-refractivity contribution in [1.29, 1.82) is 0 Å². The van der Waals surface area contributed by atoms with Gasteiger partial charge in [-0.15, -0.1) is 5.92 Å². The van der Waals surface area contributed by atoms with Crippen LogP contribution in [-0.4, -0.2) is 45.1 Å². The first kappa shape index (κ1) is 23.4. The van der Waals surface area contributed by atoms with Crippen LogP contribution in [-0.2, 0) is 4.79 Å². The second-order valence-corrected chi connectivity index (χ2v) is 8.22. The van der Waals surface area contributed by atoms with Crippen molar-refractivity contribution in [2.75, 3.05) is 23.0 Å². The van der Waals surface area contributed by atoms with E-state index in [0.29, 0.717) is 22.0 Å². The Morgan fingerprint density at radius 2 is 2.00 bits per heavy atom. The van der Waals surface area contributed by atoms with Gasteiger partial charge in [0.1, 0.15) is 16.3 Å². The molecule has 156 valence electrons. The topological polar surface area (TPSA) is 59.0 Å². The second-order valence-electron chi connectivity index (χ2n) is 5.66. The molecule has 0 fully saturated rings. The third-order valence-corrected chi connectivity index (χ3v) is 5.94. The molecule has 0 aliphatic carbocycles. The van der Waals surface area contributed by atoms with E-state index in [1.165, 1.54) is 22.6 Å². The van der Waals surface area contributed by atoms with Crippen LogP contribution in [0.25, 0.3) is 10.6 Å². The van der Waals surface area contributed by atoms with E-state index in [-0.39, 0.29) is 35.5 Å². The zero-order valence-electron chi connectivity index (χ0n) is 15.5. The third-order valence-electron chi connectivity index (χ3n) is 3.45. The van der Waals surface area contributed by atoms with Crippen LogP contribution in [0.3, 0.4) is 0 Å². The molecule has 5 nitrogen and oxygen atoms in total. The predicted molar refractivity (Wildman–Crippen MR) is 111 cm³/mol. The van der Waals surface area contributed by atoms with Crippen LogP contribution in [0.5, 0.6) is 0 Å². The quantitative estimate of drug-likeness (QED) is 0.404. The first-order valence-corrected chi connectivity index (χ1v) is 11.0. The molecule has 2 heterocycles. The van der Waals surface area contributed by atoms with Crippen molar-refractivity contribution in [2.24, 2.45) is 0 Å². The molecule has 2 aromatic heterocycles. The Kier molecular flexibility index (Phi) is 9.20. The first-order chi connectivity index (χ1) is 13.8. The summed E-state index contributed by atoms with van der Waals surface area (Å²) in [4.78, 5) is 26.3. The van der Waals surface area contributed by atoms with Crippen molar-refractivity contribution in [1.82, 2.24) is 15.0 Å². The molecule has 0 saturated heterocycles. The van der Waals surface area contributed by atoms with E-state index in [2.05, 4.69) is 26.8 Å². The molecule has 0 radical (unpaired) electrons. The average Bonchev–Trinajstić information content (AvgIpc) is 3.06. The molecule has 11 heteroatoms. The highest BCUT2D eigenvalue weighted by Gasteiger charge is 2.26. The molecule has 0 spiro atoms. The number of hydrogen-bond acceptors (Lipinski definition) is 6. The molecule has 0 aliphatic rings. The lowest BCUT2D eigenvalue weighted by atomic mass is 10.3. The fraction of sp³-hybridized carbons (Fsp3) is 0.444. The molecular formula is C18H18ClF3N4OS2. The molecule has 0 saturated carbocycles. The number of carbonyl (C=O) groups excluding carboxylic acids is 1. The van der Waals surface area contributed by atoms with E-state index in [1.54, 1.807) is 12.4 Å². The van der Waals surface area contributed by atoms with Gasteiger partial charge in [0.2, 0.25) is 5.91 Å². The normalized spacial score (nSPS) is 11.1. The van der Waals surface area contributed by atoms with E-state index < -0.39 is 12.6 Å². The van der Waals surface area contributed by atoms with E-state index in [9.17, 15) is 18.0 Å². The Hall–Kier alpha value is -1.83. The highest BCUT2D eigenvalue weighted by molar-refractivity contribution is 7.99. The van der Waals surface area contributed by atoms with Gasteiger partial charge in [0.25, 0.3) is 0 Å². The number of rotatable bonds is 8. The zero-order chi connectivity index (χ0) is 21.3. The highest BCUT2D eigenvalue weighted by Crippen LogP contribution is 2.37. The standard InChI is InChI=1S/C18H18ClF3N4OS2/c1-2-3-4-7-26(14(27)5-8-28-9-6-18(20,21)22)17-15(19)25-16(29-17)13-10-23-12-24-11-13/h10-12H,2,5-9H2,1H3. The van der Waals surface area contributed by atoms with Gasteiger partial charge in [-0.3, -0.25) is 9.69 Å². The molecule has 0 N–H and O–H groups in total. The number of thiazole rings is 1. The van der Waals surface area contributed by atoms with Crippen LogP contribution in [0.15, 0.2) is 18.7 Å². The minimum absolute atomic E-state index is 0.0775. The number of hydrogen-bond donors (Lipinski definition) is 0. The van der Waals surface area contributed by atoms with Crippen LogP contribution in [0.1, 0.15) is 26.2 Å². The summed E-state index contributed by atoms with van der Waals surface area (Å²) >= 11 is 8.57. The lowest BCUT2D eigenvalue weighted by Gasteiger charge is -2.18. The van der Waals surface area contributed by atoms with E-state index >= 15 is 0 Å². The number of carbonyl (C=O) groups is 1. The van der Waals surface area contributed by atoms with Crippen molar-refractivity contribution in [3.63, 3.8) is 0 Å². The van der Waals surface area contributed by atoms with Gasteiger partial charge >= 0.3 is 6.18 Å². The van der Waals surface area contributed by atoms with E-state index in [0.717, 1.165) is 11.8 Å². The van der Waals surface area contributed by atoms with Gasteiger partial charge in [0, 0.05) is 42.3 Å². The summed E-state index contributed by atoms with van der Waals surface area (Å²) in [5.41, 5.74) is 0.667. The van der Waals surface area contributed by atoms with Gasteiger partial charge in [-0.25, -0.2) is 15.0 Å². The SMILES string of the molecule is CCC#CCN(C(=O)CCSCCC(F)(F)F)c1sc(-c2cncnc2)nc1Cl. The van der Waals surface area contributed by atoms with Crippen LogP contribution < -0.4 is 4.90 Å². The van der Waals surface area contributed by atoms with Gasteiger partial charge < -0.3 is 0 Å². The van der Waals surface area contributed by atoms with E-state index in [1.807, 2.05) is 6.92 Å². The first-order valence-electron chi connectivity index (χ1n) is 8.64. The minimum Gasteiger partial charge on any atom is -0.289 e. The molecule has 0 bridgehead atoms. The third kappa shape index (κ3) is 7.84. The maximum absolute atomic E-state index is 12.7. The summed E-state index contributed by atoms with van der Waals surface area (Å²) in [5, 5.41) is 1.16. The van der Waals surface area contributed by atoms with Crippen molar-refractivity contribution < 1.29 is 18.0 Å². The van der Waals surface area contributed by atoms with Crippen molar-refractivity contribution in [3.8, 4) is 22.4 Å². The predicted octanol–water partition coefficient (Wildman–Crippen LogP) is 5.08. The zero-order valence-corrected chi connectivity index (χ0v) is 17.9. The van der Waals surface area contributed by atoms with Crippen LogP contribution in [0.4, 0.5) is 18.2 Å². The number of alkyl halides is 3. The molecule has 2 aromatic rings. The maximum Gasteiger partial charge on any atom is 0.389 e. The number of halogens is 4. The lowest BCUT2D eigenvalue weighted by Crippen LogP contribution is -2.31. The minimum atomic E-state index is -4.19. The van der Waals surface area contributed by atoms with Gasteiger partial charge in [-0.05, 0) is 0 Å². The fourth-order valence-corrected chi connectivity index (χ4v) is 4.31. The Labute approximate surface area is 180 Å². The number of anilines is 1. The summed E-state index contributed by atoms with van der Waals surface area (Å²) in [6.07, 6.45) is 0.227. The summed E-state index contributed by atoms with van der Waals surface area (Å²) in [6.45, 7) is 2.02. The molecule has 2 rings (SSSR count). The maximum atomic E-state index is 12.7. The molecule has 0 aromatic carbocycles. The molecule has 1 amide bonds. The lowest BCUT2D eigenvalue weighted by molar-refractivity contribution is -0.129. The van der Waals surface area contributed by atoms with Gasteiger partial charge in [-0.1, -0.05) is 35.8 Å². The van der Waals surface area contributed by atoms with E-state index in [4.69, 9.17) is 11.6 Å². The number of thioether (sulfide) groups is 1. The van der Waals surface area contributed by atoms with Crippen molar-refractivity contribution in [2.45, 2.75) is 32.4 Å². The smallest absolute Gasteiger partial charge is 0.289 e. The van der Waals surface area contributed by atoms with Crippen LogP contribution in [0.2, 0.25) is 5.15 Å².